The van der Waals surface area contributed by atoms with Crippen LogP contribution in [0.3, 0.4) is 0 Å². The normalized spacial score (nSPS) is 19.0. The van der Waals surface area contributed by atoms with Crippen LogP contribution in [0, 0.1) is 0 Å². The first-order valence-electron chi connectivity index (χ1n) is 9.18. The van der Waals surface area contributed by atoms with Gasteiger partial charge in [0.2, 0.25) is 0 Å². The maximum absolute atomic E-state index is 13.0. The number of aliphatic hydroxyl groups is 1. The first-order chi connectivity index (χ1) is 13.0. The maximum atomic E-state index is 13.0. The molecule has 2 aromatic rings. The quantitative estimate of drug-likeness (QED) is 0.658. The van der Waals surface area contributed by atoms with Crippen LogP contribution in [0.2, 0.25) is 0 Å². The van der Waals surface area contributed by atoms with Crippen LogP contribution >= 0.6 is 0 Å². The number of nitrogens with zero attached hydrogens (tertiary/aromatic N) is 1. The van der Waals surface area contributed by atoms with E-state index >= 15 is 0 Å². The van der Waals surface area contributed by atoms with Crippen molar-refractivity contribution in [3.8, 4) is 11.5 Å². The van der Waals surface area contributed by atoms with E-state index in [1.807, 2.05) is 6.07 Å². The van der Waals surface area contributed by atoms with Crippen LogP contribution in [0.4, 0.5) is 5.69 Å². The molecule has 1 fully saturated rings. The highest BCUT2D eigenvalue weighted by atomic mass is 16.3. The Bertz CT molecular complexity index is 934. The standard InChI is InChI=1S/C21H21NO5/c23-8-6-12-3-1-2-7-22(12)13-4-5-15-16(9-13)20(26)17-10-14(24)11-18(25)19(17)21(15)27/h4-5,9-12,23-25H,1-3,6-8H2. The Morgan fingerprint density at radius 1 is 0.963 bits per heavy atom. The Morgan fingerprint density at radius 3 is 2.56 bits per heavy atom. The number of anilines is 1. The van der Waals surface area contributed by atoms with E-state index in [9.17, 15) is 24.9 Å². The summed E-state index contributed by atoms with van der Waals surface area (Å²) < 4.78 is 0. The molecule has 0 amide bonds. The van der Waals surface area contributed by atoms with Gasteiger partial charge < -0.3 is 20.2 Å². The van der Waals surface area contributed by atoms with Crippen LogP contribution < -0.4 is 4.90 Å². The highest BCUT2D eigenvalue weighted by Crippen LogP contribution is 2.37. The van der Waals surface area contributed by atoms with Gasteiger partial charge in [0.15, 0.2) is 11.6 Å². The molecule has 4 rings (SSSR count). The summed E-state index contributed by atoms with van der Waals surface area (Å²) in [5.74, 6) is -1.46. The number of aliphatic hydroxyl groups excluding tert-OH is 1. The third-order valence-electron chi connectivity index (χ3n) is 5.49. The van der Waals surface area contributed by atoms with Gasteiger partial charge in [-0.3, -0.25) is 9.59 Å². The van der Waals surface area contributed by atoms with Crippen molar-refractivity contribution >= 4 is 17.3 Å². The molecular formula is C21H21NO5. The predicted octanol–water partition coefficient (Wildman–Crippen LogP) is 2.61. The zero-order valence-corrected chi connectivity index (χ0v) is 14.8. The van der Waals surface area contributed by atoms with Crippen molar-refractivity contribution in [2.45, 2.75) is 31.7 Å². The fourth-order valence-corrected chi connectivity index (χ4v) is 4.20. The highest BCUT2D eigenvalue weighted by Gasteiger charge is 2.33. The number of phenolic OH excluding ortho intramolecular Hbond substituents is 2. The van der Waals surface area contributed by atoms with Crippen molar-refractivity contribution < 1.29 is 24.9 Å². The SMILES string of the molecule is O=C1c2cc(N3CCCCC3CCO)ccc2C(=O)c2c(O)cc(O)cc21. The van der Waals surface area contributed by atoms with Crippen molar-refractivity contribution in [1.29, 1.82) is 0 Å². The molecule has 6 heteroatoms. The lowest BCUT2D eigenvalue weighted by molar-refractivity contribution is 0.0976. The molecule has 2 aliphatic rings. The van der Waals surface area contributed by atoms with E-state index in [0.717, 1.165) is 37.6 Å². The minimum atomic E-state index is -0.422. The van der Waals surface area contributed by atoms with Crippen LogP contribution in [0.5, 0.6) is 11.5 Å². The summed E-state index contributed by atoms with van der Waals surface area (Å²) in [7, 11) is 0. The van der Waals surface area contributed by atoms with Crippen LogP contribution in [0.1, 0.15) is 57.5 Å². The summed E-state index contributed by atoms with van der Waals surface area (Å²) in [4.78, 5) is 28.0. The van der Waals surface area contributed by atoms with Gasteiger partial charge in [-0.05, 0) is 49.9 Å². The molecule has 0 bridgehead atoms. The van der Waals surface area contributed by atoms with Gasteiger partial charge in [-0.25, -0.2) is 0 Å². The topological polar surface area (TPSA) is 98.1 Å². The molecular weight excluding hydrogens is 346 g/mol. The molecule has 0 radical (unpaired) electrons. The van der Waals surface area contributed by atoms with Crippen LogP contribution in [0.25, 0.3) is 0 Å². The number of ketones is 2. The number of hydrogen-bond acceptors (Lipinski definition) is 6. The van der Waals surface area contributed by atoms with Crippen molar-refractivity contribution in [2.24, 2.45) is 0 Å². The second-order valence-corrected chi connectivity index (χ2v) is 7.13. The fourth-order valence-electron chi connectivity index (χ4n) is 4.20. The smallest absolute Gasteiger partial charge is 0.198 e. The minimum absolute atomic E-state index is 0.0210. The van der Waals surface area contributed by atoms with Gasteiger partial charge in [0.25, 0.3) is 0 Å². The first-order valence-corrected chi connectivity index (χ1v) is 9.18. The number of aromatic hydroxyl groups is 2. The van der Waals surface area contributed by atoms with Gasteiger partial charge in [-0.2, -0.15) is 0 Å². The van der Waals surface area contributed by atoms with E-state index in [1.165, 1.54) is 6.07 Å². The second-order valence-electron chi connectivity index (χ2n) is 7.13. The van der Waals surface area contributed by atoms with Crippen LogP contribution in [0.15, 0.2) is 30.3 Å². The minimum Gasteiger partial charge on any atom is -0.508 e. The maximum Gasteiger partial charge on any atom is 0.198 e. The van der Waals surface area contributed by atoms with E-state index in [0.29, 0.717) is 6.42 Å². The number of phenols is 2. The van der Waals surface area contributed by atoms with Gasteiger partial charge >= 0.3 is 0 Å². The Kier molecular flexibility index (Phi) is 4.36. The Hall–Kier alpha value is -2.86. The van der Waals surface area contributed by atoms with E-state index in [-0.39, 0.29) is 46.4 Å². The van der Waals surface area contributed by atoms with E-state index in [2.05, 4.69) is 4.90 Å². The molecule has 0 spiro atoms. The molecule has 1 atom stereocenters. The predicted molar refractivity (Wildman–Crippen MR) is 99.8 cm³/mol. The molecule has 0 aromatic heterocycles. The second kappa shape index (κ2) is 6.70. The lowest BCUT2D eigenvalue weighted by atomic mass is 9.83. The van der Waals surface area contributed by atoms with Gasteiger partial charge in [-0.15, -0.1) is 0 Å². The summed E-state index contributed by atoms with van der Waals surface area (Å²) in [6.45, 7) is 0.944. The number of rotatable bonds is 3. The van der Waals surface area contributed by atoms with Gasteiger partial charge in [-0.1, -0.05) is 0 Å². The number of hydrogen-bond donors (Lipinski definition) is 3. The van der Waals surface area contributed by atoms with Crippen molar-refractivity contribution in [3.63, 3.8) is 0 Å². The lowest BCUT2D eigenvalue weighted by Gasteiger charge is -2.38. The molecule has 27 heavy (non-hydrogen) atoms. The molecule has 6 nitrogen and oxygen atoms in total. The van der Waals surface area contributed by atoms with E-state index < -0.39 is 11.5 Å². The molecule has 1 unspecified atom stereocenters. The van der Waals surface area contributed by atoms with Gasteiger partial charge in [0.05, 0.1) is 5.56 Å². The summed E-state index contributed by atoms with van der Waals surface area (Å²) in [6.07, 6.45) is 3.79. The van der Waals surface area contributed by atoms with E-state index in [4.69, 9.17) is 0 Å². The monoisotopic (exact) mass is 367 g/mol. The third-order valence-corrected chi connectivity index (χ3v) is 5.49. The molecule has 1 saturated heterocycles. The fraction of sp³-hybridized carbons (Fsp3) is 0.333. The van der Waals surface area contributed by atoms with Crippen molar-refractivity contribution in [2.75, 3.05) is 18.1 Å². The largest absolute Gasteiger partial charge is 0.508 e. The van der Waals surface area contributed by atoms with Crippen molar-refractivity contribution in [1.82, 2.24) is 0 Å². The molecule has 0 saturated carbocycles. The Morgan fingerprint density at radius 2 is 1.78 bits per heavy atom. The molecule has 2 aromatic carbocycles. The summed E-state index contributed by atoms with van der Waals surface area (Å²) in [5.41, 5.74) is 1.35. The van der Waals surface area contributed by atoms with E-state index in [1.54, 1.807) is 12.1 Å². The first kappa shape index (κ1) is 17.5. The summed E-state index contributed by atoms with van der Waals surface area (Å²) in [6, 6.07) is 7.66. The average Bonchev–Trinajstić information content (AvgIpc) is 2.66. The van der Waals surface area contributed by atoms with Gasteiger partial charge in [0.1, 0.15) is 11.5 Å². The Balaban J connectivity index is 1.78. The number of carbonyl (C=O) groups excluding carboxylic acids is 2. The average molecular weight is 367 g/mol. The number of carbonyl (C=O) groups is 2. The zero-order chi connectivity index (χ0) is 19.1. The summed E-state index contributed by atoms with van der Waals surface area (Å²) >= 11 is 0. The number of fused-ring (bicyclic) bond motifs is 2. The molecule has 3 N–H and O–H groups in total. The van der Waals surface area contributed by atoms with Crippen molar-refractivity contribution in [3.05, 3.63) is 52.6 Å². The lowest BCUT2D eigenvalue weighted by Crippen LogP contribution is -2.40. The highest BCUT2D eigenvalue weighted by molar-refractivity contribution is 6.29. The zero-order valence-electron chi connectivity index (χ0n) is 14.8. The molecule has 1 aliphatic heterocycles. The summed E-state index contributed by atoms with van der Waals surface area (Å²) in [5, 5.41) is 29.1. The number of piperidine rings is 1. The molecule has 140 valence electrons. The third kappa shape index (κ3) is 2.86. The molecule has 1 aliphatic carbocycles. The van der Waals surface area contributed by atoms with Crippen LogP contribution in [-0.4, -0.2) is 46.1 Å². The Labute approximate surface area is 156 Å². The van der Waals surface area contributed by atoms with Crippen LogP contribution in [-0.2, 0) is 0 Å². The van der Waals surface area contributed by atoms with Gasteiger partial charge in [0, 0.05) is 47.6 Å². The molecule has 1 heterocycles. The number of benzene rings is 2.